The van der Waals surface area contributed by atoms with Gasteiger partial charge in [0.15, 0.2) is 5.82 Å². The van der Waals surface area contributed by atoms with Crippen LogP contribution in [0, 0.1) is 17.0 Å². The normalized spacial score (nSPS) is 12.9. The van der Waals surface area contributed by atoms with Crippen LogP contribution in [-0.2, 0) is 6.54 Å². The highest BCUT2D eigenvalue weighted by Gasteiger charge is 2.31. The number of aryl methyl sites for hydroxylation is 1. The van der Waals surface area contributed by atoms with E-state index in [0.717, 1.165) is 18.3 Å². The third-order valence-corrected chi connectivity index (χ3v) is 3.08. The Morgan fingerprint density at radius 2 is 2.00 bits per heavy atom. The summed E-state index contributed by atoms with van der Waals surface area (Å²) >= 11 is 0. The summed E-state index contributed by atoms with van der Waals surface area (Å²) in [6.45, 7) is 1.39. The molecule has 0 saturated carbocycles. The Kier molecular flexibility index (Phi) is 4.55. The highest BCUT2D eigenvalue weighted by Crippen LogP contribution is 2.26. The van der Waals surface area contributed by atoms with E-state index in [1.807, 2.05) is 0 Å². The summed E-state index contributed by atoms with van der Waals surface area (Å²) in [4.78, 5) is 14.0. The highest BCUT2D eigenvalue weighted by atomic mass is 19.4. The minimum atomic E-state index is -4.80. The lowest BCUT2D eigenvalue weighted by atomic mass is 10.1. The second kappa shape index (κ2) is 6.24. The van der Waals surface area contributed by atoms with E-state index in [1.54, 1.807) is 6.92 Å². The van der Waals surface area contributed by atoms with Gasteiger partial charge in [-0.1, -0.05) is 12.1 Å². The predicted octanol–water partition coefficient (Wildman–Crippen LogP) is 2.73. The van der Waals surface area contributed by atoms with Crippen LogP contribution in [0.3, 0.4) is 0 Å². The van der Waals surface area contributed by atoms with Gasteiger partial charge in [-0.15, -0.1) is 13.2 Å². The largest absolute Gasteiger partial charge is 0.573 e. The molecule has 2 aromatic rings. The summed E-state index contributed by atoms with van der Waals surface area (Å²) in [5.74, 6) is -0.357. The van der Waals surface area contributed by atoms with Gasteiger partial charge in [0, 0.05) is 6.92 Å². The molecule has 7 nitrogen and oxygen atoms in total. The third-order valence-electron chi connectivity index (χ3n) is 3.08. The van der Waals surface area contributed by atoms with Crippen LogP contribution in [0.2, 0.25) is 0 Å². The van der Waals surface area contributed by atoms with Crippen LogP contribution < -0.4 is 4.74 Å². The predicted molar refractivity (Wildman–Crippen MR) is 71.7 cm³/mol. The Balaban J connectivity index is 2.14. The van der Waals surface area contributed by atoms with Crippen molar-refractivity contribution in [1.29, 1.82) is 0 Å². The molecule has 124 valence electrons. The molecule has 1 heterocycles. The molecule has 2 rings (SSSR count). The number of aliphatic hydroxyl groups is 1. The van der Waals surface area contributed by atoms with Gasteiger partial charge in [0.25, 0.3) is 0 Å². The molecule has 0 aliphatic rings. The number of halogens is 3. The van der Waals surface area contributed by atoms with E-state index >= 15 is 0 Å². The van der Waals surface area contributed by atoms with E-state index in [4.69, 9.17) is 0 Å². The summed E-state index contributed by atoms with van der Waals surface area (Å²) < 4.78 is 41.2. The first kappa shape index (κ1) is 16.7. The number of imidazole rings is 1. The van der Waals surface area contributed by atoms with Crippen molar-refractivity contribution in [2.45, 2.75) is 25.9 Å². The highest BCUT2D eigenvalue weighted by molar-refractivity contribution is 5.29. The fourth-order valence-electron chi connectivity index (χ4n) is 2.00. The van der Waals surface area contributed by atoms with E-state index in [-0.39, 0.29) is 12.4 Å². The number of ether oxygens (including phenoxy) is 1. The van der Waals surface area contributed by atoms with Crippen molar-refractivity contribution in [2.24, 2.45) is 0 Å². The number of hydrogen-bond donors (Lipinski definition) is 1. The maximum Gasteiger partial charge on any atom is 0.573 e. The summed E-state index contributed by atoms with van der Waals surface area (Å²) in [5.41, 5.74) is 0.293. The SMILES string of the molecule is Cc1ncc([N+](=O)[O-])n1CC(O)c1ccc(OC(F)(F)F)cc1. The molecule has 10 heteroatoms. The van der Waals surface area contributed by atoms with Gasteiger partial charge in [0.05, 0.1) is 0 Å². The summed E-state index contributed by atoms with van der Waals surface area (Å²) in [5, 5.41) is 21.0. The van der Waals surface area contributed by atoms with Crippen LogP contribution in [-0.4, -0.2) is 25.9 Å². The fourth-order valence-corrected chi connectivity index (χ4v) is 2.00. The Labute approximate surface area is 128 Å². The van der Waals surface area contributed by atoms with E-state index < -0.39 is 23.1 Å². The zero-order valence-electron chi connectivity index (χ0n) is 11.8. The number of nitrogens with zero attached hydrogens (tertiary/aromatic N) is 3. The first-order valence-electron chi connectivity index (χ1n) is 6.37. The van der Waals surface area contributed by atoms with Crippen LogP contribution in [0.1, 0.15) is 17.5 Å². The first-order valence-corrected chi connectivity index (χ1v) is 6.37. The van der Waals surface area contributed by atoms with E-state index in [1.165, 1.54) is 16.7 Å². The average Bonchev–Trinajstić information content (AvgIpc) is 2.79. The second-order valence-electron chi connectivity index (χ2n) is 4.66. The van der Waals surface area contributed by atoms with Crippen molar-refractivity contribution in [2.75, 3.05) is 0 Å². The Hall–Kier alpha value is -2.62. The Bertz CT molecular complexity index is 697. The van der Waals surface area contributed by atoms with Crippen molar-refractivity contribution in [3.05, 3.63) is 52.0 Å². The van der Waals surface area contributed by atoms with Crippen LogP contribution in [0.5, 0.6) is 5.75 Å². The van der Waals surface area contributed by atoms with Crippen LogP contribution in [0.4, 0.5) is 19.0 Å². The molecule has 0 bridgehead atoms. The topological polar surface area (TPSA) is 90.4 Å². The van der Waals surface area contributed by atoms with Gasteiger partial charge in [0.2, 0.25) is 0 Å². The second-order valence-corrected chi connectivity index (χ2v) is 4.66. The molecule has 0 aliphatic carbocycles. The monoisotopic (exact) mass is 331 g/mol. The number of benzene rings is 1. The molecule has 0 amide bonds. The molecule has 1 N–H and O–H groups in total. The van der Waals surface area contributed by atoms with E-state index in [0.29, 0.717) is 11.4 Å². The number of aliphatic hydroxyl groups excluding tert-OH is 1. The van der Waals surface area contributed by atoms with Crippen molar-refractivity contribution in [3.8, 4) is 5.75 Å². The average molecular weight is 331 g/mol. The van der Waals surface area contributed by atoms with Crippen LogP contribution >= 0.6 is 0 Å². The molecule has 1 aromatic carbocycles. The first-order chi connectivity index (χ1) is 10.7. The van der Waals surface area contributed by atoms with Crippen molar-refractivity contribution >= 4 is 5.82 Å². The molecule has 0 spiro atoms. The molecule has 1 atom stereocenters. The molecule has 23 heavy (non-hydrogen) atoms. The van der Waals surface area contributed by atoms with Crippen molar-refractivity contribution < 1.29 is 27.9 Å². The summed E-state index contributed by atoms with van der Waals surface area (Å²) in [7, 11) is 0. The third kappa shape index (κ3) is 4.19. The number of rotatable bonds is 5. The van der Waals surface area contributed by atoms with E-state index in [2.05, 4.69) is 9.72 Å². The van der Waals surface area contributed by atoms with Gasteiger partial charge in [-0.25, -0.2) is 9.55 Å². The lowest BCUT2D eigenvalue weighted by Crippen LogP contribution is -2.17. The molecule has 0 saturated heterocycles. The summed E-state index contributed by atoms with van der Waals surface area (Å²) in [6, 6.07) is 4.62. The number of alkyl halides is 3. The quantitative estimate of drug-likeness (QED) is 0.672. The van der Waals surface area contributed by atoms with Gasteiger partial charge in [-0.3, -0.25) is 0 Å². The van der Waals surface area contributed by atoms with Crippen LogP contribution in [0.25, 0.3) is 0 Å². The lowest BCUT2D eigenvalue weighted by molar-refractivity contribution is -0.392. The minimum Gasteiger partial charge on any atom is -0.406 e. The molecule has 1 aromatic heterocycles. The van der Waals surface area contributed by atoms with Crippen LogP contribution in [0.15, 0.2) is 30.5 Å². The Morgan fingerprint density at radius 3 is 2.52 bits per heavy atom. The minimum absolute atomic E-state index is 0.151. The van der Waals surface area contributed by atoms with Gasteiger partial charge in [0.1, 0.15) is 24.6 Å². The van der Waals surface area contributed by atoms with Gasteiger partial charge < -0.3 is 20.0 Å². The maximum atomic E-state index is 12.1. The van der Waals surface area contributed by atoms with E-state index in [9.17, 15) is 28.4 Å². The zero-order valence-corrected chi connectivity index (χ0v) is 11.8. The zero-order chi connectivity index (χ0) is 17.2. The number of hydrogen-bond acceptors (Lipinski definition) is 5. The maximum absolute atomic E-state index is 12.1. The van der Waals surface area contributed by atoms with Gasteiger partial charge in [-0.05, 0) is 22.6 Å². The number of aromatic nitrogens is 2. The molecule has 0 radical (unpaired) electrons. The molecule has 1 unspecified atom stereocenters. The smallest absolute Gasteiger partial charge is 0.406 e. The van der Waals surface area contributed by atoms with Gasteiger partial charge in [-0.2, -0.15) is 0 Å². The van der Waals surface area contributed by atoms with Gasteiger partial charge >= 0.3 is 12.2 Å². The Morgan fingerprint density at radius 1 is 1.39 bits per heavy atom. The van der Waals surface area contributed by atoms with Crippen molar-refractivity contribution in [1.82, 2.24) is 9.55 Å². The molecular formula is C13H12F3N3O4. The fraction of sp³-hybridized carbons (Fsp3) is 0.308. The lowest BCUT2D eigenvalue weighted by Gasteiger charge is -2.12. The van der Waals surface area contributed by atoms with Crippen molar-refractivity contribution in [3.63, 3.8) is 0 Å². The number of nitro groups is 1. The molecule has 0 fully saturated rings. The summed E-state index contributed by atoms with van der Waals surface area (Å²) in [6.07, 6.45) is -4.88. The molecular weight excluding hydrogens is 319 g/mol. The molecule has 0 aliphatic heterocycles. The standard InChI is InChI=1S/C13H12F3N3O4/c1-8-17-6-12(19(21)22)18(8)7-11(20)9-2-4-10(5-3-9)23-13(14,15)16/h2-6,11,20H,7H2,1H3.